The number of carbonyl (C=O) groups excluding carboxylic acids is 2. The third-order valence-electron chi connectivity index (χ3n) is 5.09. The van der Waals surface area contributed by atoms with Gasteiger partial charge in [-0.05, 0) is 68.3 Å². The highest BCUT2D eigenvalue weighted by atomic mass is 16.5. The number of hydrogen-bond acceptors (Lipinski definition) is 3. The van der Waals surface area contributed by atoms with Crippen LogP contribution in [0.1, 0.15) is 37.4 Å². The molecule has 0 fully saturated rings. The van der Waals surface area contributed by atoms with Crippen LogP contribution in [-0.4, -0.2) is 18.9 Å². The van der Waals surface area contributed by atoms with Crippen LogP contribution in [0.15, 0.2) is 54.6 Å². The molecule has 1 aliphatic heterocycles. The predicted molar refractivity (Wildman–Crippen MR) is 114 cm³/mol. The minimum absolute atomic E-state index is 0.188. The summed E-state index contributed by atoms with van der Waals surface area (Å²) < 4.78 is 6.00. The van der Waals surface area contributed by atoms with Gasteiger partial charge in [0.05, 0.1) is 11.3 Å². The molecule has 3 aromatic rings. The molecule has 146 valence electrons. The molecular weight excluding hydrogens is 364 g/mol. The summed E-state index contributed by atoms with van der Waals surface area (Å²) in [7, 11) is 1.72. The van der Waals surface area contributed by atoms with Crippen molar-refractivity contribution < 1.29 is 14.3 Å². The van der Waals surface area contributed by atoms with Crippen molar-refractivity contribution in [3.63, 3.8) is 0 Å². The van der Waals surface area contributed by atoms with Crippen molar-refractivity contribution in [2.24, 2.45) is 0 Å². The van der Waals surface area contributed by atoms with Gasteiger partial charge in [0.15, 0.2) is 5.75 Å². The highest BCUT2D eigenvalue weighted by Crippen LogP contribution is 2.39. The van der Waals surface area contributed by atoms with E-state index in [1.54, 1.807) is 30.1 Å². The highest BCUT2D eigenvalue weighted by Gasteiger charge is 2.26. The van der Waals surface area contributed by atoms with E-state index in [4.69, 9.17) is 4.74 Å². The van der Waals surface area contributed by atoms with E-state index in [2.05, 4.69) is 5.32 Å². The molecule has 0 unspecified atom stereocenters. The van der Waals surface area contributed by atoms with E-state index in [1.165, 1.54) is 0 Å². The first-order valence-electron chi connectivity index (χ1n) is 9.43. The van der Waals surface area contributed by atoms with E-state index in [1.807, 2.05) is 57.2 Å². The molecule has 1 aliphatic rings. The Morgan fingerprint density at radius 2 is 1.59 bits per heavy atom. The molecule has 29 heavy (non-hydrogen) atoms. The lowest BCUT2D eigenvalue weighted by Gasteiger charge is -2.17. The molecule has 0 spiro atoms. The molecule has 1 N–H and O–H groups in total. The van der Waals surface area contributed by atoms with Crippen molar-refractivity contribution in [3.8, 4) is 11.5 Å². The number of benzene rings is 3. The van der Waals surface area contributed by atoms with Crippen molar-refractivity contribution in [1.82, 2.24) is 0 Å². The fourth-order valence-corrected chi connectivity index (χ4v) is 3.52. The molecule has 5 nitrogen and oxygen atoms in total. The van der Waals surface area contributed by atoms with Gasteiger partial charge in [0.2, 0.25) is 0 Å². The summed E-state index contributed by atoms with van der Waals surface area (Å²) in [5.74, 6) is 0.690. The van der Waals surface area contributed by atoms with Gasteiger partial charge in [-0.25, -0.2) is 0 Å². The Balaban J connectivity index is 1.66. The Morgan fingerprint density at radius 1 is 0.897 bits per heavy atom. The molecule has 2 amide bonds. The zero-order valence-corrected chi connectivity index (χ0v) is 16.9. The Morgan fingerprint density at radius 3 is 2.34 bits per heavy atom. The van der Waals surface area contributed by atoms with Crippen molar-refractivity contribution in [2.75, 3.05) is 17.3 Å². The van der Waals surface area contributed by atoms with Crippen molar-refractivity contribution in [1.29, 1.82) is 0 Å². The van der Waals surface area contributed by atoms with E-state index in [9.17, 15) is 9.59 Å². The second-order valence-electron chi connectivity index (χ2n) is 7.42. The monoisotopic (exact) mass is 386 g/mol. The number of nitrogens with zero attached hydrogens (tertiary/aromatic N) is 1. The number of amides is 2. The molecule has 0 aliphatic carbocycles. The first-order chi connectivity index (χ1) is 13.8. The fourth-order valence-electron chi connectivity index (χ4n) is 3.52. The molecule has 5 heteroatoms. The van der Waals surface area contributed by atoms with Crippen LogP contribution in [0.4, 0.5) is 11.4 Å². The van der Waals surface area contributed by atoms with Crippen LogP contribution in [-0.2, 0) is 0 Å². The summed E-state index contributed by atoms with van der Waals surface area (Å²) in [5, 5.41) is 2.89. The Kier molecular flexibility index (Phi) is 4.59. The summed E-state index contributed by atoms with van der Waals surface area (Å²) in [6, 6.07) is 16.5. The van der Waals surface area contributed by atoms with Gasteiger partial charge in [-0.1, -0.05) is 23.8 Å². The molecule has 1 heterocycles. The normalized spacial score (nSPS) is 12.6. The number of aryl methyl sites for hydroxylation is 3. The minimum Gasteiger partial charge on any atom is -0.454 e. The zero-order chi connectivity index (χ0) is 20.7. The average molecular weight is 386 g/mol. The smallest absolute Gasteiger partial charge is 0.261 e. The van der Waals surface area contributed by atoms with E-state index in [0.29, 0.717) is 34.0 Å². The number of carbonyl (C=O) groups is 2. The fraction of sp³-hybridized carbons (Fsp3) is 0.167. The lowest BCUT2D eigenvalue weighted by Crippen LogP contribution is -2.25. The van der Waals surface area contributed by atoms with Gasteiger partial charge >= 0.3 is 0 Å². The number of anilines is 2. The molecule has 3 aromatic carbocycles. The molecular formula is C24H22N2O3. The van der Waals surface area contributed by atoms with Crippen molar-refractivity contribution in [2.45, 2.75) is 20.8 Å². The highest BCUT2D eigenvalue weighted by molar-refractivity contribution is 6.11. The summed E-state index contributed by atoms with van der Waals surface area (Å²) in [6.45, 7) is 5.87. The second-order valence-corrected chi connectivity index (χ2v) is 7.42. The topological polar surface area (TPSA) is 58.6 Å². The summed E-state index contributed by atoms with van der Waals surface area (Å²) in [6.07, 6.45) is 0. The molecule has 0 atom stereocenters. The van der Waals surface area contributed by atoms with Crippen LogP contribution in [0.25, 0.3) is 0 Å². The largest absolute Gasteiger partial charge is 0.454 e. The van der Waals surface area contributed by atoms with Gasteiger partial charge in [-0.3, -0.25) is 9.59 Å². The molecule has 0 saturated heterocycles. The number of fused-ring (bicyclic) bond motifs is 2. The predicted octanol–water partition coefficient (Wildman–Crippen LogP) is 5.25. The quantitative estimate of drug-likeness (QED) is 0.655. The number of hydrogen-bond donors (Lipinski definition) is 1. The van der Waals surface area contributed by atoms with Gasteiger partial charge < -0.3 is 15.0 Å². The molecule has 0 radical (unpaired) electrons. The van der Waals surface area contributed by atoms with Crippen LogP contribution >= 0.6 is 0 Å². The van der Waals surface area contributed by atoms with E-state index < -0.39 is 0 Å². The summed E-state index contributed by atoms with van der Waals surface area (Å²) in [5.41, 5.74) is 5.31. The molecule has 0 saturated carbocycles. The van der Waals surface area contributed by atoms with Crippen LogP contribution in [0.3, 0.4) is 0 Å². The zero-order valence-electron chi connectivity index (χ0n) is 16.9. The molecule has 0 bridgehead atoms. The Bertz CT molecular complexity index is 1150. The van der Waals surface area contributed by atoms with Gasteiger partial charge in [0.1, 0.15) is 5.75 Å². The van der Waals surface area contributed by atoms with Crippen LogP contribution in [0.5, 0.6) is 11.5 Å². The lowest BCUT2D eigenvalue weighted by atomic mass is 10.0. The molecule has 4 rings (SSSR count). The van der Waals surface area contributed by atoms with Gasteiger partial charge in [0, 0.05) is 18.3 Å². The summed E-state index contributed by atoms with van der Waals surface area (Å²) in [4.78, 5) is 27.3. The SMILES string of the molecule is Cc1ccc(C(=O)Nc2ccc3c(c2)C(=O)N(C)c2cc(C)ccc2O3)c(C)c1. The van der Waals surface area contributed by atoms with E-state index >= 15 is 0 Å². The maximum absolute atomic E-state index is 13.0. The third kappa shape index (κ3) is 3.47. The van der Waals surface area contributed by atoms with E-state index in [-0.39, 0.29) is 11.8 Å². The summed E-state index contributed by atoms with van der Waals surface area (Å²) >= 11 is 0. The van der Waals surface area contributed by atoms with Crippen molar-refractivity contribution >= 4 is 23.2 Å². The van der Waals surface area contributed by atoms with Gasteiger partial charge in [0.25, 0.3) is 11.8 Å². The Labute approximate surface area is 169 Å². The van der Waals surface area contributed by atoms with Gasteiger partial charge in [-0.2, -0.15) is 0 Å². The first kappa shape index (κ1) is 18.7. The van der Waals surface area contributed by atoms with Crippen LogP contribution < -0.4 is 15.0 Å². The molecule has 0 aromatic heterocycles. The van der Waals surface area contributed by atoms with E-state index in [0.717, 1.165) is 16.7 Å². The average Bonchev–Trinajstić information content (AvgIpc) is 2.78. The standard InChI is InChI=1S/C24H22N2O3/c1-14-5-8-18(16(3)11-14)23(27)25-17-7-10-21-19(13-17)24(28)26(4)20-12-15(2)6-9-22(20)29-21/h5-13H,1-4H3,(H,25,27). The first-order valence-corrected chi connectivity index (χ1v) is 9.43. The number of nitrogens with one attached hydrogen (secondary N) is 1. The third-order valence-corrected chi connectivity index (χ3v) is 5.09. The van der Waals surface area contributed by atoms with Crippen molar-refractivity contribution in [3.05, 3.63) is 82.4 Å². The maximum Gasteiger partial charge on any atom is 0.261 e. The van der Waals surface area contributed by atoms with Crippen LogP contribution in [0.2, 0.25) is 0 Å². The maximum atomic E-state index is 13.0. The number of ether oxygens (including phenoxy) is 1. The minimum atomic E-state index is -0.211. The second kappa shape index (κ2) is 7.09. The lowest BCUT2D eigenvalue weighted by molar-refractivity contribution is 0.0990. The van der Waals surface area contributed by atoms with Crippen LogP contribution in [0, 0.1) is 20.8 Å². The Hall–Kier alpha value is -3.60. The number of rotatable bonds is 2. The van der Waals surface area contributed by atoms with Gasteiger partial charge in [-0.15, -0.1) is 0 Å².